The van der Waals surface area contributed by atoms with Crippen LogP contribution in [0.5, 0.6) is 0 Å². The van der Waals surface area contributed by atoms with Crippen LogP contribution in [0.4, 0.5) is 0 Å². The highest BCUT2D eigenvalue weighted by atomic mass is 35.5. The highest BCUT2D eigenvalue weighted by molar-refractivity contribution is 7.89. The van der Waals surface area contributed by atoms with Crippen molar-refractivity contribution in [3.63, 3.8) is 0 Å². The summed E-state index contributed by atoms with van der Waals surface area (Å²) < 4.78 is 28.5. The third-order valence-electron chi connectivity index (χ3n) is 3.83. The average Bonchev–Trinajstić information content (AvgIpc) is 2.68. The van der Waals surface area contributed by atoms with Crippen molar-refractivity contribution in [3.05, 3.63) is 11.2 Å². The molecule has 2 N–H and O–H groups in total. The van der Waals surface area contributed by atoms with Gasteiger partial charge in [-0.1, -0.05) is 31.4 Å². The first kappa shape index (κ1) is 16.3. The molecular weight excluding hydrogens is 318 g/mol. The quantitative estimate of drug-likeness (QED) is 0.865. The van der Waals surface area contributed by atoms with Crippen molar-refractivity contribution in [3.8, 4) is 0 Å². The van der Waals surface area contributed by atoms with Crippen molar-refractivity contribution in [1.29, 1.82) is 0 Å². The average molecular weight is 336 g/mol. The number of aliphatic carboxylic acids is 1. The van der Waals surface area contributed by atoms with E-state index in [4.69, 9.17) is 11.6 Å². The number of hydrogen-bond acceptors (Lipinski definition) is 4. The van der Waals surface area contributed by atoms with Gasteiger partial charge >= 0.3 is 5.97 Å². The summed E-state index contributed by atoms with van der Waals surface area (Å²) in [6.45, 7) is 1.92. The molecule has 2 unspecified atom stereocenters. The van der Waals surface area contributed by atoms with Gasteiger partial charge in [0.1, 0.15) is 5.54 Å². The number of nitrogens with one attached hydrogen (secondary N) is 1. The number of aromatic nitrogens is 2. The van der Waals surface area contributed by atoms with E-state index in [-0.39, 0.29) is 28.8 Å². The predicted octanol–water partition coefficient (Wildman–Crippen LogP) is 1.39. The van der Waals surface area contributed by atoms with E-state index in [2.05, 4.69) is 9.82 Å². The summed E-state index contributed by atoms with van der Waals surface area (Å²) in [6.07, 6.45) is 3.30. The van der Waals surface area contributed by atoms with Crippen LogP contribution >= 0.6 is 11.6 Å². The van der Waals surface area contributed by atoms with E-state index in [9.17, 15) is 18.3 Å². The van der Waals surface area contributed by atoms with Gasteiger partial charge in [-0.3, -0.25) is 9.48 Å². The van der Waals surface area contributed by atoms with Gasteiger partial charge < -0.3 is 5.11 Å². The smallest absolute Gasteiger partial charge is 0.324 e. The molecule has 1 heterocycles. The maximum atomic E-state index is 12.5. The Morgan fingerprint density at radius 1 is 1.62 bits per heavy atom. The number of hydrogen-bond donors (Lipinski definition) is 2. The van der Waals surface area contributed by atoms with E-state index in [1.165, 1.54) is 13.2 Å². The minimum absolute atomic E-state index is 0.0330. The molecule has 1 aliphatic carbocycles. The van der Waals surface area contributed by atoms with E-state index < -0.39 is 21.5 Å². The lowest BCUT2D eigenvalue weighted by Gasteiger charge is -2.36. The zero-order valence-electron chi connectivity index (χ0n) is 11.8. The summed E-state index contributed by atoms with van der Waals surface area (Å²) in [5, 5.41) is 13.0. The maximum absolute atomic E-state index is 12.5. The lowest BCUT2D eigenvalue weighted by molar-refractivity contribution is -0.146. The van der Waals surface area contributed by atoms with Gasteiger partial charge in [-0.25, -0.2) is 8.42 Å². The van der Waals surface area contributed by atoms with Crippen LogP contribution in [0.25, 0.3) is 0 Å². The normalized spacial score (nSPS) is 26.7. The molecule has 1 fully saturated rings. The van der Waals surface area contributed by atoms with Gasteiger partial charge in [0, 0.05) is 7.05 Å². The third-order valence-corrected chi connectivity index (χ3v) is 5.87. The highest BCUT2D eigenvalue weighted by Crippen LogP contribution is 2.34. The van der Waals surface area contributed by atoms with Crippen molar-refractivity contribution < 1.29 is 18.3 Å². The number of halogens is 1. The number of aryl methyl sites for hydroxylation is 1. The van der Waals surface area contributed by atoms with E-state index in [1.807, 2.05) is 6.92 Å². The lowest BCUT2D eigenvalue weighted by atomic mass is 9.77. The Hall–Kier alpha value is -1.12. The van der Waals surface area contributed by atoms with Crippen LogP contribution in [-0.4, -0.2) is 34.8 Å². The van der Waals surface area contributed by atoms with Crippen LogP contribution in [-0.2, 0) is 21.9 Å². The van der Waals surface area contributed by atoms with Gasteiger partial charge in [0.05, 0.1) is 11.2 Å². The van der Waals surface area contributed by atoms with Gasteiger partial charge in [0.2, 0.25) is 0 Å². The minimum Gasteiger partial charge on any atom is -0.480 e. The molecule has 2 atom stereocenters. The first-order valence-corrected chi connectivity index (χ1v) is 8.49. The van der Waals surface area contributed by atoms with Crippen LogP contribution in [0.15, 0.2) is 11.2 Å². The molecular formula is C12H18ClN3O4S. The Kier molecular flexibility index (Phi) is 4.32. The molecule has 0 aliphatic heterocycles. The molecule has 0 spiro atoms. The van der Waals surface area contributed by atoms with Crippen molar-refractivity contribution in [2.45, 2.75) is 43.2 Å². The molecule has 9 heteroatoms. The van der Waals surface area contributed by atoms with Gasteiger partial charge in [0.15, 0.2) is 5.03 Å². The molecule has 1 aliphatic rings. The molecule has 0 bridgehead atoms. The van der Waals surface area contributed by atoms with Gasteiger partial charge in [0.25, 0.3) is 10.0 Å². The Bertz CT molecular complexity index is 638. The number of carbonyl (C=O) groups is 1. The van der Waals surface area contributed by atoms with Crippen LogP contribution < -0.4 is 4.72 Å². The molecule has 21 heavy (non-hydrogen) atoms. The Balaban J connectivity index is 2.39. The zero-order valence-corrected chi connectivity index (χ0v) is 13.4. The molecule has 1 aromatic heterocycles. The van der Waals surface area contributed by atoms with E-state index in [0.29, 0.717) is 6.42 Å². The summed E-state index contributed by atoms with van der Waals surface area (Å²) in [6, 6.07) is 0. The lowest BCUT2D eigenvalue weighted by Crippen LogP contribution is -2.56. The second-order valence-electron chi connectivity index (χ2n) is 5.62. The van der Waals surface area contributed by atoms with Crippen molar-refractivity contribution in [2.24, 2.45) is 13.0 Å². The van der Waals surface area contributed by atoms with Crippen molar-refractivity contribution in [1.82, 2.24) is 14.5 Å². The van der Waals surface area contributed by atoms with Gasteiger partial charge in [-0.15, -0.1) is 0 Å². The summed E-state index contributed by atoms with van der Waals surface area (Å²) in [5.74, 6) is -1.02. The Morgan fingerprint density at radius 2 is 2.29 bits per heavy atom. The zero-order chi connectivity index (χ0) is 15.8. The van der Waals surface area contributed by atoms with Crippen LogP contribution in [0.1, 0.15) is 32.6 Å². The highest BCUT2D eigenvalue weighted by Gasteiger charge is 2.46. The molecule has 0 radical (unpaired) electrons. The fourth-order valence-electron chi connectivity index (χ4n) is 2.89. The molecule has 0 amide bonds. The van der Waals surface area contributed by atoms with E-state index >= 15 is 0 Å². The Labute approximate surface area is 128 Å². The summed E-state index contributed by atoms with van der Waals surface area (Å²) >= 11 is 5.85. The van der Waals surface area contributed by atoms with E-state index in [0.717, 1.165) is 11.1 Å². The molecule has 2 rings (SSSR count). The molecule has 7 nitrogen and oxygen atoms in total. The standard InChI is InChI=1S/C12H18ClN3O4S/c1-8-4-3-5-12(6-8,11(17)18)15-21(19,20)10-9(13)7-14-16(10)2/h7-8,15H,3-6H2,1-2H3,(H,17,18). The Morgan fingerprint density at radius 3 is 2.76 bits per heavy atom. The third kappa shape index (κ3) is 3.07. The second kappa shape index (κ2) is 5.58. The number of rotatable bonds is 4. The van der Waals surface area contributed by atoms with Crippen molar-refractivity contribution >= 4 is 27.6 Å². The molecule has 1 saturated carbocycles. The second-order valence-corrected chi connectivity index (χ2v) is 7.62. The molecule has 0 aromatic carbocycles. The summed E-state index contributed by atoms with van der Waals surface area (Å²) in [5.41, 5.74) is -1.48. The minimum atomic E-state index is -4.07. The monoisotopic (exact) mass is 335 g/mol. The molecule has 1 aromatic rings. The van der Waals surface area contributed by atoms with Gasteiger partial charge in [-0.2, -0.15) is 9.82 Å². The maximum Gasteiger partial charge on any atom is 0.324 e. The first-order valence-electron chi connectivity index (χ1n) is 6.63. The number of sulfonamides is 1. The fourth-order valence-corrected chi connectivity index (χ4v) is 4.95. The summed E-state index contributed by atoms with van der Waals surface area (Å²) in [4.78, 5) is 11.7. The topological polar surface area (TPSA) is 101 Å². The molecule has 0 saturated heterocycles. The number of nitrogens with zero attached hydrogens (tertiary/aromatic N) is 2. The largest absolute Gasteiger partial charge is 0.480 e. The van der Waals surface area contributed by atoms with Crippen molar-refractivity contribution in [2.75, 3.05) is 0 Å². The summed E-state index contributed by atoms with van der Waals surface area (Å²) in [7, 11) is -2.63. The SMILES string of the molecule is CC1CCCC(NS(=O)(=O)c2c(Cl)cnn2C)(C(=O)O)C1. The van der Waals surface area contributed by atoms with Crippen LogP contribution in [0.2, 0.25) is 5.02 Å². The number of carboxylic acids is 1. The van der Waals surface area contributed by atoms with Gasteiger partial charge in [-0.05, 0) is 18.8 Å². The van der Waals surface area contributed by atoms with Crippen LogP contribution in [0, 0.1) is 5.92 Å². The van der Waals surface area contributed by atoms with Crippen LogP contribution in [0.3, 0.4) is 0 Å². The number of carboxylic acid groups (broad SMARTS) is 1. The predicted molar refractivity (Wildman–Crippen MR) is 76.5 cm³/mol. The fraction of sp³-hybridized carbons (Fsp3) is 0.667. The van der Waals surface area contributed by atoms with E-state index in [1.54, 1.807) is 0 Å². The first-order chi connectivity index (χ1) is 9.68. The molecule has 118 valence electrons.